The van der Waals surface area contributed by atoms with Crippen LogP contribution in [0.3, 0.4) is 0 Å². The van der Waals surface area contributed by atoms with E-state index in [9.17, 15) is 19.5 Å². The second-order valence-corrected chi connectivity index (χ2v) is 9.06. The summed E-state index contributed by atoms with van der Waals surface area (Å²) >= 11 is 0. The minimum absolute atomic E-state index is 0.254. The average molecular weight is 457 g/mol. The molecule has 188 valence electrons. The second-order valence-electron chi connectivity index (χ2n) is 9.06. The fourth-order valence-corrected chi connectivity index (χ4v) is 4.06. The van der Waals surface area contributed by atoms with Crippen molar-refractivity contribution in [3.63, 3.8) is 0 Å². The Morgan fingerprint density at radius 2 is 1.06 bits per heavy atom. The van der Waals surface area contributed by atoms with Crippen molar-refractivity contribution in [1.82, 2.24) is 0 Å². The highest BCUT2D eigenvalue weighted by Crippen LogP contribution is 2.25. The van der Waals surface area contributed by atoms with E-state index in [2.05, 4.69) is 6.92 Å². The number of carbonyl (C=O) groups excluding carboxylic acids is 1. The molecule has 0 saturated heterocycles. The van der Waals surface area contributed by atoms with E-state index in [1.165, 1.54) is 64.2 Å². The highest BCUT2D eigenvalue weighted by Gasteiger charge is 2.36. The van der Waals surface area contributed by atoms with Gasteiger partial charge in [0.2, 0.25) is 0 Å². The van der Waals surface area contributed by atoms with Gasteiger partial charge in [0.15, 0.2) is 0 Å². The Bertz CT molecular complexity index is 491. The van der Waals surface area contributed by atoms with Gasteiger partial charge in [-0.25, -0.2) is 0 Å². The molecular formula is C26H48O6. The molecule has 0 aliphatic heterocycles. The molecule has 0 radical (unpaired) electrons. The zero-order valence-electron chi connectivity index (χ0n) is 20.6. The quantitative estimate of drug-likeness (QED) is 0.127. The van der Waals surface area contributed by atoms with E-state index in [1.54, 1.807) is 0 Å². The molecule has 0 aromatic carbocycles. The molecule has 32 heavy (non-hydrogen) atoms. The van der Waals surface area contributed by atoms with E-state index in [4.69, 9.17) is 9.84 Å². The summed E-state index contributed by atoms with van der Waals surface area (Å²) < 4.78 is 5.23. The summed E-state index contributed by atoms with van der Waals surface area (Å²) in [5.74, 6) is -5.14. The topological polar surface area (TPSA) is 101 Å². The highest BCUT2D eigenvalue weighted by atomic mass is 16.5. The predicted molar refractivity (Wildman–Crippen MR) is 128 cm³/mol. The number of carbonyl (C=O) groups is 3. The zero-order chi connectivity index (χ0) is 24.0. The first-order valence-electron chi connectivity index (χ1n) is 13.0. The minimum atomic E-state index is -1.24. The average Bonchev–Trinajstić information content (AvgIpc) is 2.75. The van der Waals surface area contributed by atoms with Crippen LogP contribution in [0.4, 0.5) is 0 Å². The largest absolute Gasteiger partial charge is 0.481 e. The van der Waals surface area contributed by atoms with Gasteiger partial charge in [-0.05, 0) is 12.8 Å². The Kier molecular flexibility index (Phi) is 20.2. The molecule has 0 rings (SSSR count). The van der Waals surface area contributed by atoms with Crippen LogP contribution < -0.4 is 0 Å². The normalized spacial score (nSPS) is 12.9. The van der Waals surface area contributed by atoms with Gasteiger partial charge in [0.05, 0.1) is 24.9 Å². The number of unbranched alkanes of at least 4 members (excludes halogenated alkanes) is 14. The van der Waals surface area contributed by atoms with Crippen LogP contribution in [0, 0.1) is 11.8 Å². The van der Waals surface area contributed by atoms with Gasteiger partial charge in [0, 0.05) is 0 Å². The minimum Gasteiger partial charge on any atom is -0.481 e. The summed E-state index contributed by atoms with van der Waals surface area (Å²) in [6.45, 7) is 4.47. The molecule has 0 spiro atoms. The molecule has 0 aliphatic rings. The summed E-state index contributed by atoms with van der Waals surface area (Å²) in [6.07, 6.45) is 18.5. The Labute approximate surface area is 195 Å². The Balaban J connectivity index is 4.11. The van der Waals surface area contributed by atoms with Crippen molar-refractivity contribution in [2.75, 3.05) is 6.61 Å². The molecule has 6 heteroatoms. The Morgan fingerprint density at radius 1 is 0.625 bits per heavy atom. The summed E-state index contributed by atoms with van der Waals surface area (Å²) in [5.41, 5.74) is 0. The van der Waals surface area contributed by atoms with E-state index in [0.717, 1.165) is 25.7 Å². The van der Waals surface area contributed by atoms with Crippen molar-refractivity contribution in [2.24, 2.45) is 11.8 Å². The van der Waals surface area contributed by atoms with E-state index in [-0.39, 0.29) is 6.61 Å². The first-order valence-corrected chi connectivity index (χ1v) is 13.0. The molecule has 0 saturated carbocycles. The molecule has 2 N–H and O–H groups in total. The summed E-state index contributed by atoms with van der Waals surface area (Å²) in [5, 5.41) is 18.5. The molecule has 0 aromatic heterocycles. The summed E-state index contributed by atoms with van der Waals surface area (Å²) in [7, 11) is 0. The molecule has 0 heterocycles. The zero-order valence-corrected chi connectivity index (χ0v) is 20.6. The van der Waals surface area contributed by atoms with E-state index in [0.29, 0.717) is 19.3 Å². The van der Waals surface area contributed by atoms with Crippen LogP contribution in [-0.2, 0) is 19.1 Å². The van der Waals surface area contributed by atoms with Gasteiger partial charge in [-0.1, -0.05) is 110 Å². The monoisotopic (exact) mass is 456 g/mol. The van der Waals surface area contributed by atoms with Crippen molar-refractivity contribution in [2.45, 2.75) is 129 Å². The lowest BCUT2D eigenvalue weighted by molar-refractivity contribution is -0.160. The lowest BCUT2D eigenvalue weighted by atomic mass is 9.85. The molecule has 0 fully saturated rings. The number of hydrogen-bond donors (Lipinski definition) is 2. The number of ether oxygens (including phenoxy) is 1. The number of carboxylic acid groups (broad SMARTS) is 2. The summed E-state index contributed by atoms with van der Waals surface area (Å²) in [4.78, 5) is 35.1. The maximum absolute atomic E-state index is 12.4. The van der Waals surface area contributed by atoms with Crippen molar-refractivity contribution < 1.29 is 29.3 Å². The third-order valence-corrected chi connectivity index (χ3v) is 6.11. The van der Waals surface area contributed by atoms with Crippen molar-refractivity contribution in [1.29, 1.82) is 0 Å². The number of aliphatic carboxylic acids is 2. The number of hydrogen-bond acceptors (Lipinski definition) is 4. The lowest BCUT2D eigenvalue weighted by Gasteiger charge is -2.21. The van der Waals surface area contributed by atoms with Crippen LogP contribution in [0.5, 0.6) is 0 Å². The standard InChI is InChI=1S/C26H48O6/c1-3-5-7-8-9-10-11-12-13-14-15-16-17-18-19-22(26(31)32-20-6-4-2)23(25(29)30)21-24(27)28/h22-23H,3-21H2,1-2H3,(H,27,28)(H,29,30). The Hall–Kier alpha value is -1.59. The molecule has 2 atom stereocenters. The maximum atomic E-state index is 12.4. The van der Waals surface area contributed by atoms with Gasteiger partial charge >= 0.3 is 17.9 Å². The molecule has 2 unspecified atom stereocenters. The fraction of sp³-hybridized carbons (Fsp3) is 0.885. The smallest absolute Gasteiger partial charge is 0.309 e. The molecular weight excluding hydrogens is 408 g/mol. The van der Waals surface area contributed by atoms with Crippen LogP contribution in [0.1, 0.15) is 129 Å². The van der Waals surface area contributed by atoms with Crippen molar-refractivity contribution in [3.05, 3.63) is 0 Å². The van der Waals surface area contributed by atoms with Gasteiger partial charge in [-0.2, -0.15) is 0 Å². The van der Waals surface area contributed by atoms with E-state index in [1.807, 2.05) is 6.92 Å². The molecule has 0 amide bonds. The van der Waals surface area contributed by atoms with Gasteiger partial charge < -0.3 is 14.9 Å². The van der Waals surface area contributed by atoms with Crippen LogP contribution in [0.25, 0.3) is 0 Å². The third-order valence-electron chi connectivity index (χ3n) is 6.11. The van der Waals surface area contributed by atoms with Gasteiger partial charge in [0.1, 0.15) is 0 Å². The first-order chi connectivity index (χ1) is 15.4. The molecule has 6 nitrogen and oxygen atoms in total. The van der Waals surface area contributed by atoms with Gasteiger partial charge in [-0.3, -0.25) is 14.4 Å². The van der Waals surface area contributed by atoms with E-state index >= 15 is 0 Å². The van der Waals surface area contributed by atoms with Crippen molar-refractivity contribution in [3.8, 4) is 0 Å². The molecule has 0 aliphatic carbocycles. The van der Waals surface area contributed by atoms with Crippen LogP contribution in [0.15, 0.2) is 0 Å². The number of esters is 1. The second kappa shape index (κ2) is 21.3. The van der Waals surface area contributed by atoms with Crippen LogP contribution in [0.2, 0.25) is 0 Å². The van der Waals surface area contributed by atoms with Crippen molar-refractivity contribution >= 4 is 17.9 Å². The van der Waals surface area contributed by atoms with Crippen LogP contribution in [-0.4, -0.2) is 34.7 Å². The van der Waals surface area contributed by atoms with Gasteiger partial charge in [-0.15, -0.1) is 0 Å². The number of carboxylic acids is 2. The Morgan fingerprint density at radius 3 is 1.47 bits per heavy atom. The highest BCUT2D eigenvalue weighted by molar-refractivity contribution is 5.84. The lowest BCUT2D eigenvalue weighted by Crippen LogP contribution is -2.33. The maximum Gasteiger partial charge on any atom is 0.309 e. The first kappa shape index (κ1) is 30.4. The summed E-state index contributed by atoms with van der Waals surface area (Å²) in [6, 6.07) is 0. The number of rotatable bonds is 23. The van der Waals surface area contributed by atoms with Gasteiger partial charge in [0.25, 0.3) is 0 Å². The van der Waals surface area contributed by atoms with E-state index < -0.39 is 36.2 Å². The molecule has 0 aromatic rings. The fourth-order valence-electron chi connectivity index (χ4n) is 4.06. The SMILES string of the molecule is CCCCCCCCCCCCCCCCC(C(=O)OCCCC)C(CC(=O)O)C(=O)O. The molecule has 0 bridgehead atoms. The predicted octanol–water partition coefficient (Wildman–Crippen LogP) is 6.99. The third kappa shape index (κ3) is 17.0. The van der Waals surface area contributed by atoms with Crippen LogP contribution >= 0.6 is 0 Å².